The largest absolute Gasteiger partial charge is 0.387 e. The van der Waals surface area contributed by atoms with Gasteiger partial charge in [0.05, 0.1) is 6.10 Å². The molecule has 0 radical (unpaired) electrons. The van der Waals surface area contributed by atoms with Crippen LogP contribution in [0, 0.1) is 0 Å². The van der Waals surface area contributed by atoms with Crippen molar-refractivity contribution < 1.29 is 5.11 Å². The Morgan fingerprint density at radius 2 is 1.84 bits per heavy atom. The fourth-order valence-electron chi connectivity index (χ4n) is 3.84. The summed E-state index contributed by atoms with van der Waals surface area (Å²) in [5.74, 6) is 0.508. The Morgan fingerprint density at radius 3 is 2.64 bits per heavy atom. The maximum Gasteiger partial charge on any atom is 0.115 e. The molecule has 4 rings (SSSR count). The number of fused-ring (bicyclic) bond motifs is 1. The Kier molecular flexibility index (Phi) is 4.72. The fraction of sp³-hybridized carbons (Fsp3) is 0.333. The molecule has 0 unspecified atom stereocenters. The van der Waals surface area contributed by atoms with Gasteiger partial charge in [-0.05, 0) is 48.3 Å². The molecule has 0 bridgehead atoms. The lowest BCUT2D eigenvalue weighted by Gasteiger charge is -2.33. The first-order valence-electron chi connectivity index (χ1n) is 8.95. The summed E-state index contributed by atoms with van der Waals surface area (Å²) >= 11 is 0. The lowest BCUT2D eigenvalue weighted by atomic mass is 9.92. The van der Waals surface area contributed by atoms with Gasteiger partial charge in [-0.2, -0.15) is 0 Å². The number of hydrogen-bond donors (Lipinski definition) is 1. The number of aliphatic hydroxyl groups is 1. The zero-order valence-electron chi connectivity index (χ0n) is 14.3. The van der Waals surface area contributed by atoms with Crippen LogP contribution < -0.4 is 0 Å². The number of benzene rings is 2. The minimum Gasteiger partial charge on any atom is -0.387 e. The van der Waals surface area contributed by atoms with E-state index < -0.39 is 6.10 Å². The maximum absolute atomic E-state index is 10.8. The first kappa shape index (κ1) is 16.2. The molecule has 128 valence electrons. The highest BCUT2D eigenvalue weighted by molar-refractivity contribution is 5.85. The van der Waals surface area contributed by atoms with Crippen molar-refractivity contribution in [2.45, 2.75) is 24.9 Å². The molecule has 0 amide bonds. The molecule has 0 saturated carbocycles. The lowest BCUT2D eigenvalue weighted by Crippen LogP contribution is -2.36. The Hall–Kier alpha value is -2.30. The second-order valence-electron chi connectivity index (χ2n) is 6.79. The third kappa shape index (κ3) is 3.55. The molecule has 2 heterocycles. The van der Waals surface area contributed by atoms with Gasteiger partial charge in [-0.3, -0.25) is 0 Å². The van der Waals surface area contributed by atoms with E-state index in [9.17, 15) is 5.11 Å². The van der Waals surface area contributed by atoms with Gasteiger partial charge in [-0.25, -0.2) is 9.97 Å². The number of nitrogens with zero attached hydrogens (tertiary/aromatic N) is 3. The van der Waals surface area contributed by atoms with E-state index in [1.807, 2.05) is 36.5 Å². The van der Waals surface area contributed by atoms with Gasteiger partial charge in [0.2, 0.25) is 0 Å². The van der Waals surface area contributed by atoms with E-state index in [1.165, 1.54) is 5.39 Å². The highest BCUT2D eigenvalue weighted by Crippen LogP contribution is 2.29. The number of likely N-dealkylation sites (tertiary alicyclic amines) is 1. The van der Waals surface area contributed by atoms with E-state index in [2.05, 4.69) is 33.1 Å². The molecular weight excluding hydrogens is 310 g/mol. The van der Waals surface area contributed by atoms with Crippen LogP contribution in [-0.4, -0.2) is 39.6 Å². The van der Waals surface area contributed by atoms with E-state index in [0.29, 0.717) is 12.5 Å². The number of β-amino-alcohol motifs (C(OH)–C–C–N with tert-alkyl or cyclic N) is 1. The normalized spacial score (nSPS) is 17.6. The predicted octanol–water partition coefficient (Wildman–Crippen LogP) is 3.54. The molecular formula is C21H23N3O. The summed E-state index contributed by atoms with van der Waals surface area (Å²) in [5, 5.41) is 13.1. The smallest absolute Gasteiger partial charge is 0.115 e. The Labute approximate surface area is 148 Å². The molecule has 1 aliphatic heterocycles. The van der Waals surface area contributed by atoms with Gasteiger partial charge in [-0.1, -0.05) is 42.5 Å². The minimum absolute atomic E-state index is 0.457. The van der Waals surface area contributed by atoms with E-state index in [1.54, 1.807) is 6.33 Å². The third-order valence-electron chi connectivity index (χ3n) is 5.22. The number of aliphatic hydroxyl groups excluding tert-OH is 1. The van der Waals surface area contributed by atoms with Crippen LogP contribution in [0.15, 0.2) is 61.1 Å². The molecule has 0 spiro atoms. The van der Waals surface area contributed by atoms with Gasteiger partial charge in [0.25, 0.3) is 0 Å². The van der Waals surface area contributed by atoms with Gasteiger partial charge in [0.15, 0.2) is 0 Å². The van der Waals surface area contributed by atoms with Crippen molar-refractivity contribution >= 4 is 10.8 Å². The van der Waals surface area contributed by atoms with Crippen molar-refractivity contribution in [2.24, 2.45) is 0 Å². The molecule has 2 aromatic carbocycles. The summed E-state index contributed by atoms with van der Waals surface area (Å²) in [6, 6.07) is 16.4. The molecule has 1 N–H and O–H groups in total. The quantitative estimate of drug-likeness (QED) is 0.793. The molecule has 1 aliphatic rings. The maximum atomic E-state index is 10.8. The van der Waals surface area contributed by atoms with Crippen LogP contribution in [0.4, 0.5) is 0 Å². The van der Waals surface area contributed by atoms with Crippen molar-refractivity contribution in [1.82, 2.24) is 14.9 Å². The summed E-state index contributed by atoms with van der Waals surface area (Å²) in [7, 11) is 0. The first-order chi connectivity index (χ1) is 12.3. The number of aromatic nitrogens is 2. The highest BCUT2D eigenvalue weighted by Gasteiger charge is 2.23. The van der Waals surface area contributed by atoms with Crippen molar-refractivity contribution in [3.05, 3.63) is 72.3 Å². The molecule has 1 saturated heterocycles. The number of rotatable bonds is 4. The fourth-order valence-corrected chi connectivity index (χ4v) is 3.84. The van der Waals surface area contributed by atoms with Crippen LogP contribution in [0.3, 0.4) is 0 Å². The molecule has 1 atom stereocenters. The Morgan fingerprint density at radius 1 is 1.04 bits per heavy atom. The molecule has 25 heavy (non-hydrogen) atoms. The average molecular weight is 333 g/mol. The summed E-state index contributed by atoms with van der Waals surface area (Å²) < 4.78 is 0. The Balaban J connectivity index is 1.41. The second kappa shape index (κ2) is 7.30. The monoisotopic (exact) mass is 333 g/mol. The zero-order valence-corrected chi connectivity index (χ0v) is 14.3. The Bertz CT molecular complexity index is 823. The van der Waals surface area contributed by atoms with Gasteiger partial charge >= 0.3 is 0 Å². The van der Waals surface area contributed by atoms with E-state index in [-0.39, 0.29) is 0 Å². The molecule has 0 aliphatic carbocycles. The highest BCUT2D eigenvalue weighted by atomic mass is 16.3. The molecule has 4 heteroatoms. The van der Waals surface area contributed by atoms with Gasteiger partial charge < -0.3 is 10.0 Å². The van der Waals surface area contributed by atoms with Crippen LogP contribution >= 0.6 is 0 Å². The van der Waals surface area contributed by atoms with Crippen molar-refractivity contribution in [3.63, 3.8) is 0 Å². The van der Waals surface area contributed by atoms with Crippen LogP contribution in [0.1, 0.15) is 36.1 Å². The van der Waals surface area contributed by atoms with Crippen molar-refractivity contribution in [3.8, 4) is 0 Å². The molecule has 1 fully saturated rings. The predicted molar refractivity (Wildman–Crippen MR) is 99.4 cm³/mol. The lowest BCUT2D eigenvalue weighted by molar-refractivity contribution is 0.0978. The third-order valence-corrected chi connectivity index (χ3v) is 5.22. The van der Waals surface area contributed by atoms with Crippen molar-refractivity contribution in [1.29, 1.82) is 0 Å². The SMILES string of the molecule is O[C@@H](CN1CCC(c2ccncn2)CC1)c1cccc2ccccc12. The van der Waals surface area contributed by atoms with Crippen LogP contribution in [-0.2, 0) is 0 Å². The van der Waals surface area contributed by atoms with Crippen LogP contribution in [0.2, 0.25) is 0 Å². The standard InChI is InChI=1S/C21H23N3O/c25-21(19-7-3-5-16-4-1-2-6-18(16)19)14-24-12-9-17(10-13-24)20-8-11-22-15-23-20/h1-8,11,15,17,21,25H,9-10,12-14H2/t21-/m0/s1. The van der Waals surface area contributed by atoms with Gasteiger partial charge in [-0.15, -0.1) is 0 Å². The topological polar surface area (TPSA) is 49.2 Å². The average Bonchev–Trinajstić information content (AvgIpc) is 2.69. The number of piperidine rings is 1. The van der Waals surface area contributed by atoms with Crippen molar-refractivity contribution in [2.75, 3.05) is 19.6 Å². The zero-order chi connectivity index (χ0) is 17.1. The van der Waals surface area contributed by atoms with Gasteiger partial charge in [0.1, 0.15) is 6.33 Å². The van der Waals surface area contributed by atoms with E-state index in [4.69, 9.17) is 0 Å². The molecule has 4 nitrogen and oxygen atoms in total. The molecule has 1 aromatic heterocycles. The summed E-state index contributed by atoms with van der Waals surface area (Å²) in [6.45, 7) is 2.68. The van der Waals surface area contributed by atoms with Crippen LogP contribution in [0.25, 0.3) is 10.8 Å². The van der Waals surface area contributed by atoms with Gasteiger partial charge in [0, 0.05) is 24.4 Å². The van der Waals surface area contributed by atoms with E-state index >= 15 is 0 Å². The summed E-state index contributed by atoms with van der Waals surface area (Å²) in [6.07, 6.45) is 5.16. The van der Waals surface area contributed by atoms with E-state index in [0.717, 1.165) is 42.6 Å². The summed E-state index contributed by atoms with van der Waals surface area (Å²) in [5.41, 5.74) is 2.17. The second-order valence-corrected chi connectivity index (χ2v) is 6.79. The number of hydrogen-bond acceptors (Lipinski definition) is 4. The minimum atomic E-state index is -0.457. The summed E-state index contributed by atoms with van der Waals surface area (Å²) in [4.78, 5) is 10.8. The first-order valence-corrected chi connectivity index (χ1v) is 8.95. The van der Waals surface area contributed by atoms with Crippen LogP contribution in [0.5, 0.6) is 0 Å². The molecule has 3 aromatic rings.